The smallest absolute Gasteiger partial charge is 0.309 e. The largest absolute Gasteiger partial charge is 0.463 e. The third-order valence-corrected chi connectivity index (χ3v) is 7.46. The molecule has 6 heteroatoms. The van der Waals surface area contributed by atoms with E-state index in [9.17, 15) is 14.4 Å². The van der Waals surface area contributed by atoms with Crippen LogP contribution in [0.4, 0.5) is 0 Å². The highest BCUT2D eigenvalue weighted by Gasteiger charge is 2.27. The molecule has 41 heavy (non-hydrogen) atoms. The van der Waals surface area contributed by atoms with Crippen molar-refractivity contribution in [2.45, 2.75) is 51.0 Å². The summed E-state index contributed by atoms with van der Waals surface area (Å²) in [6.07, 6.45) is 8.30. The second-order valence-electron chi connectivity index (χ2n) is 10.6. The van der Waals surface area contributed by atoms with Gasteiger partial charge in [0.05, 0.1) is 17.9 Å². The zero-order chi connectivity index (χ0) is 28.7. The van der Waals surface area contributed by atoms with E-state index >= 15 is 0 Å². The van der Waals surface area contributed by atoms with Gasteiger partial charge in [-0.2, -0.15) is 0 Å². The summed E-state index contributed by atoms with van der Waals surface area (Å²) >= 11 is 0. The van der Waals surface area contributed by atoms with Gasteiger partial charge in [-0.1, -0.05) is 103 Å². The lowest BCUT2D eigenvalue weighted by atomic mass is 9.93. The molecular formula is C35H40N2O4. The van der Waals surface area contributed by atoms with Crippen LogP contribution in [-0.4, -0.2) is 30.9 Å². The number of benzene rings is 3. The number of carbonyl (C=O) groups is 3. The molecule has 0 saturated heterocycles. The van der Waals surface area contributed by atoms with E-state index < -0.39 is 12.0 Å². The van der Waals surface area contributed by atoms with Gasteiger partial charge in [0.15, 0.2) is 0 Å². The van der Waals surface area contributed by atoms with E-state index in [2.05, 4.69) is 16.7 Å². The van der Waals surface area contributed by atoms with Crippen LogP contribution in [0.2, 0.25) is 0 Å². The number of hydrogen-bond acceptors (Lipinski definition) is 4. The minimum absolute atomic E-state index is 0.0334. The normalized spacial score (nSPS) is 20.3. The highest BCUT2D eigenvalue weighted by atomic mass is 16.5. The molecule has 0 saturated carbocycles. The summed E-state index contributed by atoms with van der Waals surface area (Å²) in [5.74, 6) is -1.41. The van der Waals surface area contributed by atoms with Crippen LogP contribution in [0.5, 0.6) is 0 Å². The molecule has 6 nitrogen and oxygen atoms in total. The Hall–Kier alpha value is -4.19. The summed E-state index contributed by atoms with van der Waals surface area (Å²) in [7, 11) is 0. The van der Waals surface area contributed by atoms with E-state index in [1.165, 1.54) is 0 Å². The fourth-order valence-corrected chi connectivity index (χ4v) is 5.11. The predicted molar refractivity (Wildman–Crippen MR) is 161 cm³/mol. The lowest BCUT2D eigenvalue weighted by Crippen LogP contribution is -2.39. The van der Waals surface area contributed by atoms with Crippen molar-refractivity contribution in [2.75, 3.05) is 13.2 Å². The molecule has 0 bridgehead atoms. The maximum atomic E-state index is 13.5. The molecule has 2 N–H and O–H groups in total. The maximum Gasteiger partial charge on any atom is 0.309 e. The van der Waals surface area contributed by atoms with Gasteiger partial charge in [-0.05, 0) is 55.2 Å². The third-order valence-electron chi connectivity index (χ3n) is 7.46. The fourth-order valence-electron chi connectivity index (χ4n) is 5.11. The Kier molecular flexibility index (Phi) is 11.7. The van der Waals surface area contributed by atoms with Gasteiger partial charge in [0.1, 0.15) is 6.61 Å². The number of esters is 1. The fraction of sp³-hybridized carbons (Fsp3) is 0.343. The first-order chi connectivity index (χ1) is 20.1. The summed E-state index contributed by atoms with van der Waals surface area (Å²) in [6, 6.07) is 29.0. The Morgan fingerprint density at radius 1 is 0.829 bits per heavy atom. The van der Waals surface area contributed by atoms with Crippen LogP contribution in [0.1, 0.15) is 54.8 Å². The summed E-state index contributed by atoms with van der Waals surface area (Å²) in [6.45, 7) is 0.547. The first kappa shape index (κ1) is 29.8. The Morgan fingerprint density at radius 3 is 2.20 bits per heavy atom. The number of nitrogens with one attached hydrogen (secondary N) is 2. The van der Waals surface area contributed by atoms with Gasteiger partial charge in [0.2, 0.25) is 11.8 Å². The maximum absolute atomic E-state index is 13.5. The van der Waals surface area contributed by atoms with Crippen molar-refractivity contribution in [3.05, 3.63) is 120 Å². The van der Waals surface area contributed by atoms with Crippen molar-refractivity contribution in [1.82, 2.24) is 10.6 Å². The minimum atomic E-state index is -0.529. The lowest BCUT2D eigenvalue weighted by Gasteiger charge is -2.24. The molecule has 0 fully saturated rings. The number of allylic oxidation sites excluding steroid dienone is 2. The van der Waals surface area contributed by atoms with Crippen molar-refractivity contribution >= 4 is 17.8 Å². The van der Waals surface area contributed by atoms with Crippen LogP contribution in [0.25, 0.3) is 0 Å². The van der Waals surface area contributed by atoms with Gasteiger partial charge < -0.3 is 15.4 Å². The lowest BCUT2D eigenvalue weighted by molar-refractivity contribution is -0.150. The number of carbonyl (C=O) groups excluding carboxylic acids is 3. The van der Waals surface area contributed by atoms with Gasteiger partial charge in [0.25, 0.3) is 0 Å². The van der Waals surface area contributed by atoms with Crippen molar-refractivity contribution in [2.24, 2.45) is 11.8 Å². The molecular weight excluding hydrogens is 512 g/mol. The highest BCUT2D eigenvalue weighted by molar-refractivity contribution is 5.86. The Labute approximate surface area is 243 Å². The summed E-state index contributed by atoms with van der Waals surface area (Å²) in [4.78, 5) is 39.6. The SMILES string of the molecule is O=C(C[C@H]1CC=CCCC[C@H](Cc2ccccc2)C(=O)OC[C@H](c2ccccc2)NC1=O)NCCc1ccccc1. The quantitative estimate of drug-likeness (QED) is 0.276. The van der Waals surface area contributed by atoms with Gasteiger partial charge in [-0.25, -0.2) is 0 Å². The molecule has 1 aliphatic heterocycles. The second kappa shape index (κ2) is 16.2. The van der Waals surface area contributed by atoms with Gasteiger partial charge >= 0.3 is 5.97 Å². The van der Waals surface area contributed by atoms with Crippen LogP contribution in [-0.2, 0) is 32.0 Å². The molecule has 0 spiro atoms. The highest BCUT2D eigenvalue weighted by Crippen LogP contribution is 2.22. The molecule has 3 atom stereocenters. The average molecular weight is 553 g/mol. The Morgan fingerprint density at radius 2 is 1.49 bits per heavy atom. The van der Waals surface area contributed by atoms with Crippen LogP contribution in [0.15, 0.2) is 103 Å². The summed E-state index contributed by atoms with van der Waals surface area (Å²) in [5.41, 5.74) is 3.10. The number of amides is 2. The zero-order valence-electron chi connectivity index (χ0n) is 23.5. The Bertz CT molecular complexity index is 1260. The van der Waals surface area contributed by atoms with E-state index in [0.29, 0.717) is 25.8 Å². The van der Waals surface area contributed by atoms with Gasteiger partial charge in [0, 0.05) is 13.0 Å². The summed E-state index contributed by atoms with van der Waals surface area (Å²) in [5, 5.41) is 6.04. The van der Waals surface area contributed by atoms with Crippen LogP contribution in [0, 0.1) is 11.8 Å². The van der Waals surface area contributed by atoms with Crippen LogP contribution in [0.3, 0.4) is 0 Å². The standard InChI is InChI=1S/C35H40N2O4/c38-33(36-23-22-27-14-6-3-7-15-27)25-30-20-10-1-2-11-21-31(24-28-16-8-4-9-17-28)35(40)41-26-32(37-34(30)39)29-18-12-5-13-19-29/h1,3-10,12-19,30-32H,2,11,20-26H2,(H,36,38)(H,37,39)/t30-,31-,32-/m1/s1. The zero-order valence-corrected chi connectivity index (χ0v) is 23.5. The minimum Gasteiger partial charge on any atom is -0.463 e. The van der Waals surface area contributed by atoms with Crippen molar-refractivity contribution < 1.29 is 19.1 Å². The van der Waals surface area contributed by atoms with Gasteiger partial charge in [-0.15, -0.1) is 0 Å². The molecule has 0 aromatic heterocycles. The number of ether oxygens (including phenoxy) is 1. The van der Waals surface area contributed by atoms with E-state index in [0.717, 1.165) is 36.0 Å². The van der Waals surface area contributed by atoms with Gasteiger partial charge in [-0.3, -0.25) is 14.4 Å². The molecule has 0 aliphatic carbocycles. The van der Waals surface area contributed by atoms with E-state index in [1.54, 1.807) is 0 Å². The monoisotopic (exact) mass is 552 g/mol. The summed E-state index contributed by atoms with van der Waals surface area (Å²) < 4.78 is 5.85. The molecule has 214 valence electrons. The molecule has 0 unspecified atom stereocenters. The molecule has 2 amide bonds. The number of cyclic esters (lactones) is 1. The molecule has 3 aromatic rings. The predicted octanol–water partition coefficient (Wildman–Crippen LogP) is 5.74. The average Bonchev–Trinajstić information content (AvgIpc) is 3.00. The number of hydrogen-bond donors (Lipinski definition) is 2. The van der Waals surface area contributed by atoms with Crippen LogP contribution >= 0.6 is 0 Å². The molecule has 1 aliphatic rings. The molecule has 3 aromatic carbocycles. The molecule has 1 heterocycles. The molecule has 4 rings (SSSR count). The topological polar surface area (TPSA) is 84.5 Å². The third kappa shape index (κ3) is 10.1. The number of rotatable bonds is 8. The van der Waals surface area contributed by atoms with E-state index in [1.807, 2.05) is 97.1 Å². The first-order valence-corrected chi connectivity index (χ1v) is 14.6. The van der Waals surface area contributed by atoms with E-state index in [-0.39, 0.29) is 36.7 Å². The molecule has 0 radical (unpaired) electrons. The van der Waals surface area contributed by atoms with Crippen molar-refractivity contribution in [3.63, 3.8) is 0 Å². The Balaban J connectivity index is 1.44. The van der Waals surface area contributed by atoms with Crippen molar-refractivity contribution in [3.8, 4) is 0 Å². The van der Waals surface area contributed by atoms with Crippen molar-refractivity contribution in [1.29, 1.82) is 0 Å². The second-order valence-corrected chi connectivity index (χ2v) is 10.6. The first-order valence-electron chi connectivity index (χ1n) is 14.6. The van der Waals surface area contributed by atoms with Crippen LogP contribution < -0.4 is 10.6 Å². The van der Waals surface area contributed by atoms with E-state index in [4.69, 9.17) is 4.74 Å².